The van der Waals surface area contributed by atoms with Crippen molar-refractivity contribution >= 4 is 11.9 Å². The number of aromatic nitrogens is 4. The summed E-state index contributed by atoms with van der Waals surface area (Å²) in [5.41, 5.74) is 1.31. The van der Waals surface area contributed by atoms with Crippen molar-refractivity contribution in [2.24, 2.45) is 5.41 Å². The molecule has 0 N–H and O–H groups in total. The molecule has 2 fully saturated rings. The maximum Gasteiger partial charge on any atom is 0.272 e. The average molecular weight is 384 g/mol. The van der Waals surface area contributed by atoms with E-state index < -0.39 is 0 Å². The zero-order valence-corrected chi connectivity index (χ0v) is 16.4. The van der Waals surface area contributed by atoms with Crippen LogP contribution < -0.4 is 14.4 Å². The minimum Gasteiger partial charge on any atom is -0.481 e. The predicted octanol–water partition coefficient (Wildman–Crippen LogP) is 1.33. The Morgan fingerprint density at radius 3 is 2.61 bits per heavy atom. The number of aryl methyl sites for hydroxylation is 1. The molecule has 148 valence electrons. The molecule has 0 aromatic carbocycles. The Balaban J connectivity index is 1.46. The van der Waals surface area contributed by atoms with Gasteiger partial charge in [-0.15, -0.1) is 0 Å². The number of hydrogen-bond acceptors (Lipinski definition) is 8. The highest BCUT2D eigenvalue weighted by Gasteiger charge is 2.45. The van der Waals surface area contributed by atoms with Gasteiger partial charge in [0.2, 0.25) is 17.7 Å². The van der Waals surface area contributed by atoms with Gasteiger partial charge in [0.15, 0.2) is 0 Å². The molecule has 2 aromatic rings. The maximum atomic E-state index is 12.9. The molecule has 2 aromatic heterocycles. The number of methoxy groups -OCH3 is 2. The van der Waals surface area contributed by atoms with Gasteiger partial charge >= 0.3 is 0 Å². The van der Waals surface area contributed by atoms with Crippen LogP contribution in [0.4, 0.5) is 5.95 Å². The van der Waals surface area contributed by atoms with Crippen LogP contribution >= 0.6 is 0 Å². The van der Waals surface area contributed by atoms with Gasteiger partial charge in [-0.05, 0) is 19.8 Å². The van der Waals surface area contributed by atoms with Crippen molar-refractivity contribution in [2.75, 3.05) is 45.3 Å². The number of rotatable bonds is 4. The molecule has 9 nitrogen and oxygen atoms in total. The number of hydrogen-bond donors (Lipinski definition) is 0. The van der Waals surface area contributed by atoms with Gasteiger partial charge in [-0.2, -0.15) is 4.98 Å². The lowest BCUT2D eigenvalue weighted by atomic mass is 9.86. The van der Waals surface area contributed by atoms with E-state index in [2.05, 4.69) is 24.8 Å². The van der Waals surface area contributed by atoms with Crippen molar-refractivity contribution in [1.29, 1.82) is 0 Å². The van der Waals surface area contributed by atoms with E-state index in [1.165, 1.54) is 13.4 Å². The SMILES string of the molecule is COc1cc(C(=O)N2CCC3(CCN(c4nc(C)cc(OC)n4)C3)C2)ncn1. The van der Waals surface area contributed by atoms with E-state index in [9.17, 15) is 4.79 Å². The molecule has 0 radical (unpaired) electrons. The van der Waals surface area contributed by atoms with Crippen molar-refractivity contribution in [2.45, 2.75) is 19.8 Å². The summed E-state index contributed by atoms with van der Waals surface area (Å²) in [6.45, 7) is 5.06. The highest BCUT2D eigenvalue weighted by molar-refractivity contribution is 5.92. The third kappa shape index (κ3) is 3.44. The molecule has 1 spiro atoms. The molecule has 4 rings (SSSR count). The highest BCUT2D eigenvalue weighted by Crippen LogP contribution is 2.41. The van der Waals surface area contributed by atoms with Crippen LogP contribution in [0.5, 0.6) is 11.8 Å². The van der Waals surface area contributed by atoms with E-state index in [0.29, 0.717) is 29.9 Å². The van der Waals surface area contributed by atoms with E-state index in [1.54, 1.807) is 13.2 Å². The van der Waals surface area contributed by atoms with E-state index in [4.69, 9.17) is 9.47 Å². The summed E-state index contributed by atoms with van der Waals surface area (Å²) < 4.78 is 10.4. The lowest BCUT2D eigenvalue weighted by Gasteiger charge is -2.24. The number of anilines is 1. The Hall–Kier alpha value is -2.97. The first-order valence-corrected chi connectivity index (χ1v) is 9.32. The minimum atomic E-state index is -0.0792. The van der Waals surface area contributed by atoms with Crippen molar-refractivity contribution < 1.29 is 14.3 Å². The fraction of sp³-hybridized carbons (Fsp3) is 0.526. The number of carbonyl (C=O) groups is 1. The maximum absolute atomic E-state index is 12.9. The molecular formula is C19H24N6O3. The van der Waals surface area contributed by atoms with Gasteiger partial charge in [0.05, 0.1) is 14.2 Å². The van der Waals surface area contributed by atoms with Crippen LogP contribution in [0.3, 0.4) is 0 Å². The molecule has 1 atom stereocenters. The summed E-state index contributed by atoms with van der Waals surface area (Å²) in [4.78, 5) is 34.1. The van der Waals surface area contributed by atoms with Gasteiger partial charge in [0.1, 0.15) is 12.0 Å². The van der Waals surface area contributed by atoms with Crippen molar-refractivity contribution in [1.82, 2.24) is 24.8 Å². The summed E-state index contributed by atoms with van der Waals surface area (Å²) in [6.07, 6.45) is 3.32. The molecule has 9 heteroatoms. The Morgan fingerprint density at radius 1 is 1.04 bits per heavy atom. The van der Waals surface area contributed by atoms with Gasteiger partial charge in [-0.25, -0.2) is 15.0 Å². The molecule has 2 aliphatic rings. The molecular weight excluding hydrogens is 360 g/mol. The summed E-state index contributed by atoms with van der Waals surface area (Å²) in [5, 5.41) is 0. The average Bonchev–Trinajstić information content (AvgIpc) is 3.34. The number of ether oxygens (including phenoxy) is 2. The Morgan fingerprint density at radius 2 is 1.82 bits per heavy atom. The first-order chi connectivity index (χ1) is 13.5. The molecule has 2 saturated heterocycles. The summed E-state index contributed by atoms with van der Waals surface area (Å²) in [7, 11) is 3.14. The summed E-state index contributed by atoms with van der Waals surface area (Å²) in [5.74, 6) is 1.58. The summed E-state index contributed by atoms with van der Waals surface area (Å²) in [6, 6.07) is 3.41. The fourth-order valence-electron chi connectivity index (χ4n) is 4.05. The first kappa shape index (κ1) is 18.4. The zero-order valence-electron chi connectivity index (χ0n) is 16.4. The van der Waals surface area contributed by atoms with Crippen LogP contribution in [0.25, 0.3) is 0 Å². The van der Waals surface area contributed by atoms with Crippen molar-refractivity contribution in [3.63, 3.8) is 0 Å². The van der Waals surface area contributed by atoms with Gasteiger partial charge in [0.25, 0.3) is 5.91 Å². The van der Waals surface area contributed by atoms with Crippen molar-refractivity contribution in [3.05, 3.63) is 29.8 Å². The standard InChI is InChI=1S/C19H24N6O3/c1-13-8-16(28-3)23-18(22-13)25-7-5-19(11-25)4-6-24(10-19)17(26)14-9-15(27-2)21-12-20-14/h8-9,12H,4-7,10-11H2,1-3H3. The first-order valence-electron chi connectivity index (χ1n) is 9.32. The highest BCUT2D eigenvalue weighted by atomic mass is 16.5. The van der Waals surface area contributed by atoms with Gasteiger partial charge in [-0.1, -0.05) is 0 Å². The number of nitrogens with zero attached hydrogens (tertiary/aromatic N) is 6. The molecule has 1 amide bonds. The second-order valence-electron chi connectivity index (χ2n) is 7.45. The van der Waals surface area contributed by atoms with E-state index in [0.717, 1.165) is 38.2 Å². The number of likely N-dealkylation sites (tertiary alicyclic amines) is 1. The number of carbonyl (C=O) groups excluding carboxylic acids is 1. The molecule has 28 heavy (non-hydrogen) atoms. The monoisotopic (exact) mass is 384 g/mol. The van der Waals surface area contributed by atoms with Crippen LogP contribution in [-0.2, 0) is 0 Å². The van der Waals surface area contributed by atoms with Gasteiger partial charge in [0, 0.05) is 49.4 Å². The van der Waals surface area contributed by atoms with Crippen LogP contribution in [0.15, 0.2) is 18.5 Å². The lowest BCUT2D eigenvalue weighted by molar-refractivity contribution is 0.0769. The molecule has 1 unspecified atom stereocenters. The van der Waals surface area contributed by atoms with Crippen LogP contribution in [0.2, 0.25) is 0 Å². The molecule has 0 aliphatic carbocycles. The number of amides is 1. The minimum absolute atomic E-state index is 0.0626. The van der Waals surface area contributed by atoms with Crippen molar-refractivity contribution in [3.8, 4) is 11.8 Å². The zero-order chi connectivity index (χ0) is 19.7. The molecule has 0 saturated carbocycles. The predicted molar refractivity (Wildman–Crippen MR) is 102 cm³/mol. The topological polar surface area (TPSA) is 93.6 Å². The third-order valence-corrected chi connectivity index (χ3v) is 5.54. The second-order valence-corrected chi connectivity index (χ2v) is 7.45. The van der Waals surface area contributed by atoms with E-state index >= 15 is 0 Å². The molecule has 0 bridgehead atoms. The van der Waals surface area contributed by atoms with E-state index in [-0.39, 0.29) is 11.3 Å². The third-order valence-electron chi connectivity index (χ3n) is 5.54. The Labute approximate surface area is 163 Å². The smallest absolute Gasteiger partial charge is 0.272 e. The van der Waals surface area contributed by atoms with Gasteiger partial charge in [-0.3, -0.25) is 4.79 Å². The lowest BCUT2D eigenvalue weighted by Crippen LogP contribution is -2.34. The quantitative estimate of drug-likeness (QED) is 0.779. The van der Waals surface area contributed by atoms with Crippen LogP contribution in [-0.4, -0.2) is 71.1 Å². The summed E-state index contributed by atoms with van der Waals surface area (Å²) >= 11 is 0. The molecule has 4 heterocycles. The normalized spacial score (nSPS) is 21.4. The van der Waals surface area contributed by atoms with Crippen LogP contribution in [0, 0.1) is 12.3 Å². The fourth-order valence-corrected chi connectivity index (χ4v) is 4.05. The Kier molecular flexibility index (Phi) is 4.74. The second kappa shape index (κ2) is 7.21. The van der Waals surface area contributed by atoms with Gasteiger partial charge < -0.3 is 19.3 Å². The molecule has 2 aliphatic heterocycles. The van der Waals surface area contributed by atoms with Crippen LogP contribution in [0.1, 0.15) is 29.0 Å². The van der Waals surface area contributed by atoms with E-state index in [1.807, 2.05) is 17.9 Å². The Bertz CT molecular complexity index is 892. The largest absolute Gasteiger partial charge is 0.481 e.